The molecular formula is C23H22N2O4S. The predicted octanol–water partition coefficient (Wildman–Crippen LogP) is 4.59. The summed E-state index contributed by atoms with van der Waals surface area (Å²) in [5.74, 6) is 0.672. The molecule has 7 heteroatoms. The van der Waals surface area contributed by atoms with E-state index in [2.05, 4.69) is 0 Å². The molecule has 0 atom stereocenters. The highest BCUT2D eigenvalue weighted by atomic mass is 32.2. The zero-order valence-corrected chi connectivity index (χ0v) is 17.6. The van der Waals surface area contributed by atoms with E-state index in [4.69, 9.17) is 4.74 Å². The van der Waals surface area contributed by atoms with Gasteiger partial charge in [0.05, 0.1) is 25.0 Å². The van der Waals surface area contributed by atoms with Crippen molar-refractivity contribution in [2.45, 2.75) is 24.8 Å². The maximum atomic E-state index is 13.5. The Labute approximate surface area is 176 Å². The predicted molar refractivity (Wildman–Crippen MR) is 116 cm³/mol. The van der Waals surface area contributed by atoms with Crippen molar-refractivity contribution in [2.75, 3.05) is 16.3 Å². The van der Waals surface area contributed by atoms with Crippen molar-refractivity contribution in [3.63, 3.8) is 0 Å². The summed E-state index contributed by atoms with van der Waals surface area (Å²) < 4.78 is 32.9. The number of carbonyl (C=O) groups excluding carboxylic acids is 1. The molecule has 3 aromatic carbocycles. The van der Waals surface area contributed by atoms with Gasteiger partial charge in [0.1, 0.15) is 10.6 Å². The summed E-state index contributed by atoms with van der Waals surface area (Å²) in [6.45, 7) is 2.20. The van der Waals surface area contributed by atoms with E-state index in [1.807, 2.05) is 37.3 Å². The molecule has 0 N–H and O–H groups in total. The maximum absolute atomic E-state index is 13.5. The summed E-state index contributed by atoms with van der Waals surface area (Å²) in [5.41, 5.74) is 2.49. The van der Waals surface area contributed by atoms with Crippen LogP contribution in [0.3, 0.4) is 0 Å². The molecule has 0 aliphatic carbocycles. The summed E-state index contributed by atoms with van der Waals surface area (Å²) >= 11 is 0. The van der Waals surface area contributed by atoms with E-state index in [0.29, 0.717) is 17.1 Å². The van der Waals surface area contributed by atoms with Gasteiger partial charge in [-0.25, -0.2) is 13.2 Å². The Balaban J connectivity index is 1.85. The molecule has 0 saturated heterocycles. The molecule has 0 unspecified atom stereocenters. The van der Waals surface area contributed by atoms with Gasteiger partial charge in [-0.05, 0) is 53.9 Å². The maximum Gasteiger partial charge on any atom is 0.343 e. The third-order valence-corrected chi connectivity index (χ3v) is 6.86. The average molecular weight is 423 g/mol. The van der Waals surface area contributed by atoms with Crippen molar-refractivity contribution in [1.29, 1.82) is 0 Å². The van der Waals surface area contributed by atoms with E-state index in [1.165, 1.54) is 11.0 Å². The van der Waals surface area contributed by atoms with E-state index in [0.717, 1.165) is 21.9 Å². The van der Waals surface area contributed by atoms with Crippen molar-refractivity contribution in [2.24, 2.45) is 0 Å². The van der Waals surface area contributed by atoms with Crippen LogP contribution in [-0.4, -0.2) is 21.6 Å². The third-order valence-electron chi connectivity index (χ3n) is 5.11. The molecule has 2 amide bonds. The molecule has 1 aliphatic heterocycles. The number of carbonyl (C=O) groups is 1. The van der Waals surface area contributed by atoms with E-state index >= 15 is 0 Å². The number of ether oxygens (including phenoxy) is 1. The second kappa shape index (κ2) is 7.84. The average Bonchev–Trinajstić information content (AvgIpc) is 2.77. The molecule has 4 rings (SSSR count). The van der Waals surface area contributed by atoms with E-state index < -0.39 is 16.1 Å². The van der Waals surface area contributed by atoms with Gasteiger partial charge in [-0.2, -0.15) is 4.31 Å². The summed E-state index contributed by atoms with van der Waals surface area (Å²) in [6, 6.07) is 20.4. The first-order valence-electron chi connectivity index (χ1n) is 9.63. The molecule has 0 saturated carbocycles. The second-order valence-corrected chi connectivity index (χ2v) is 8.74. The highest BCUT2D eigenvalue weighted by Crippen LogP contribution is 2.38. The lowest BCUT2D eigenvalue weighted by molar-refractivity contribution is 0.253. The van der Waals surface area contributed by atoms with Crippen LogP contribution >= 0.6 is 0 Å². The molecule has 0 aromatic heterocycles. The fraction of sp³-hybridized carbons (Fsp3) is 0.174. The lowest BCUT2D eigenvalue weighted by Gasteiger charge is -2.36. The van der Waals surface area contributed by atoms with Gasteiger partial charge in [-0.1, -0.05) is 43.3 Å². The zero-order chi connectivity index (χ0) is 21.3. The number of amides is 2. The minimum atomic E-state index is -4.03. The zero-order valence-electron chi connectivity index (χ0n) is 16.8. The number of fused-ring (bicyclic) bond motifs is 1. The normalized spacial score (nSPS) is 15.1. The fourth-order valence-electron chi connectivity index (χ4n) is 3.57. The number of para-hydroxylation sites is 1. The molecule has 0 radical (unpaired) electrons. The van der Waals surface area contributed by atoms with E-state index in [9.17, 15) is 13.2 Å². The van der Waals surface area contributed by atoms with Crippen molar-refractivity contribution < 1.29 is 17.9 Å². The number of hydrogen-bond donors (Lipinski definition) is 0. The van der Waals surface area contributed by atoms with Gasteiger partial charge in [0.15, 0.2) is 0 Å². The Bertz CT molecular complexity index is 1210. The van der Waals surface area contributed by atoms with Gasteiger partial charge in [-0.3, -0.25) is 4.90 Å². The quantitative estimate of drug-likeness (QED) is 0.603. The number of sulfonamides is 1. The van der Waals surface area contributed by atoms with Gasteiger partial charge >= 0.3 is 6.03 Å². The molecule has 1 heterocycles. The molecule has 0 spiro atoms. The number of aryl methyl sites for hydroxylation is 1. The van der Waals surface area contributed by atoms with Crippen molar-refractivity contribution in [3.05, 3.63) is 83.9 Å². The number of urea groups is 1. The minimum Gasteiger partial charge on any atom is -0.497 e. The third kappa shape index (κ3) is 3.41. The molecule has 30 heavy (non-hydrogen) atoms. The molecule has 6 nitrogen and oxygen atoms in total. The largest absolute Gasteiger partial charge is 0.497 e. The molecular weight excluding hydrogens is 400 g/mol. The number of hydrogen-bond acceptors (Lipinski definition) is 4. The van der Waals surface area contributed by atoms with Crippen LogP contribution in [0, 0.1) is 0 Å². The number of nitrogens with zero attached hydrogens (tertiary/aromatic N) is 2. The van der Waals surface area contributed by atoms with E-state index in [-0.39, 0.29) is 11.4 Å². The molecule has 154 valence electrons. The van der Waals surface area contributed by atoms with Crippen LogP contribution in [0.5, 0.6) is 5.75 Å². The molecule has 0 bridgehead atoms. The number of anilines is 2. The van der Waals surface area contributed by atoms with Crippen LogP contribution in [-0.2, 0) is 23.0 Å². The van der Waals surface area contributed by atoms with Gasteiger partial charge in [0, 0.05) is 0 Å². The minimum absolute atomic E-state index is 0.106. The summed E-state index contributed by atoms with van der Waals surface area (Å²) in [4.78, 5) is 15.1. The van der Waals surface area contributed by atoms with E-state index in [1.54, 1.807) is 43.5 Å². The highest BCUT2D eigenvalue weighted by Gasteiger charge is 2.42. The topological polar surface area (TPSA) is 66.9 Å². The summed E-state index contributed by atoms with van der Waals surface area (Å²) in [5, 5.41) is 0. The Morgan fingerprint density at radius 3 is 2.40 bits per heavy atom. The van der Waals surface area contributed by atoms with Crippen LogP contribution in [0.25, 0.3) is 0 Å². The van der Waals surface area contributed by atoms with Gasteiger partial charge in [0.25, 0.3) is 10.0 Å². The van der Waals surface area contributed by atoms with Crippen LogP contribution in [0.15, 0.2) is 77.7 Å². The number of benzene rings is 3. The van der Waals surface area contributed by atoms with Crippen LogP contribution in [0.1, 0.15) is 18.1 Å². The smallest absolute Gasteiger partial charge is 0.343 e. The van der Waals surface area contributed by atoms with Crippen molar-refractivity contribution in [1.82, 2.24) is 0 Å². The first kappa shape index (κ1) is 20.0. The summed E-state index contributed by atoms with van der Waals surface area (Å²) in [7, 11) is -2.45. The van der Waals surface area contributed by atoms with Crippen molar-refractivity contribution in [3.8, 4) is 5.75 Å². The lowest BCUT2D eigenvalue weighted by Crippen LogP contribution is -2.50. The first-order chi connectivity index (χ1) is 14.5. The second-order valence-electron chi connectivity index (χ2n) is 6.98. The standard InChI is InChI=1S/C23H22N2O4S/c1-3-17-8-6-10-19(14-17)25-23(26)24(16-18-9-7-11-20(15-18)29-2)21-12-4-5-13-22(21)30(25,27)28/h4-15H,3,16H2,1-2H3. The van der Waals surface area contributed by atoms with Crippen LogP contribution in [0.2, 0.25) is 0 Å². The Morgan fingerprint density at radius 2 is 1.63 bits per heavy atom. The van der Waals surface area contributed by atoms with Gasteiger partial charge in [-0.15, -0.1) is 0 Å². The lowest BCUT2D eigenvalue weighted by atomic mass is 10.1. The number of methoxy groups -OCH3 is 1. The molecule has 1 aliphatic rings. The number of rotatable bonds is 5. The highest BCUT2D eigenvalue weighted by molar-refractivity contribution is 7.94. The Morgan fingerprint density at radius 1 is 0.900 bits per heavy atom. The van der Waals surface area contributed by atoms with Crippen molar-refractivity contribution >= 4 is 27.4 Å². The summed E-state index contributed by atoms with van der Waals surface area (Å²) in [6.07, 6.45) is 0.736. The monoisotopic (exact) mass is 422 g/mol. The fourth-order valence-corrected chi connectivity index (χ4v) is 5.16. The van der Waals surface area contributed by atoms with Gasteiger partial charge < -0.3 is 4.74 Å². The van der Waals surface area contributed by atoms with Crippen LogP contribution in [0.4, 0.5) is 16.2 Å². The molecule has 3 aromatic rings. The molecule has 0 fully saturated rings. The van der Waals surface area contributed by atoms with Gasteiger partial charge in [0.2, 0.25) is 0 Å². The Hall–Kier alpha value is -3.32. The first-order valence-corrected chi connectivity index (χ1v) is 11.1. The Kier molecular flexibility index (Phi) is 5.22. The SMILES string of the molecule is CCc1cccc(N2C(=O)N(Cc3cccc(OC)c3)c3ccccc3S2(=O)=O)c1. The van der Waals surface area contributed by atoms with Crippen LogP contribution < -0.4 is 13.9 Å².